The number of fused-ring (bicyclic) bond motifs is 1. The fourth-order valence-electron chi connectivity index (χ4n) is 3.13. The SMILES string of the molecule is COC(=O)c1cccc(C(O)c2c(-c3cccnc3)nn3cc(OC)ccc23)n1. The Labute approximate surface area is 166 Å². The molecule has 0 radical (unpaired) electrons. The molecule has 146 valence electrons. The standard InChI is InChI=1S/C21H18N4O4/c1-28-14-8-9-17-18(19(24-25(17)12-14)13-5-4-10-22-11-13)20(26)15-6-3-7-16(23-15)21(27)29-2/h3-12,20,26H,1-2H3. The van der Waals surface area contributed by atoms with E-state index in [1.807, 2.05) is 12.1 Å². The maximum atomic E-state index is 11.8. The molecule has 0 fully saturated rings. The minimum atomic E-state index is -1.12. The van der Waals surface area contributed by atoms with Gasteiger partial charge < -0.3 is 14.6 Å². The number of carbonyl (C=O) groups is 1. The Hall–Kier alpha value is -3.78. The summed E-state index contributed by atoms with van der Waals surface area (Å²) in [5, 5.41) is 15.8. The third-order valence-corrected chi connectivity index (χ3v) is 4.53. The van der Waals surface area contributed by atoms with Gasteiger partial charge in [0.25, 0.3) is 0 Å². The van der Waals surface area contributed by atoms with Gasteiger partial charge in [0.1, 0.15) is 23.2 Å². The zero-order valence-corrected chi connectivity index (χ0v) is 15.8. The van der Waals surface area contributed by atoms with Gasteiger partial charge in [-0.1, -0.05) is 6.07 Å². The number of rotatable bonds is 5. The second-order valence-corrected chi connectivity index (χ2v) is 6.24. The van der Waals surface area contributed by atoms with Crippen LogP contribution in [0.25, 0.3) is 16.8 Å². The van der Waals surface area contributed by atoms with Crippen molar-refractivity contribution in [3.63, 3.8) is 0 Å². The number of nitrogens with zero attached hydrogens (tertiary/aromatic N) is 4. The Balaban J connectivity index is 1.91. The molecule has 0 saturated carbocycles. The van der Waals surface area contributed by atoms with Gasteiger partial charge in [-0.2, -0.15) is 5.10 Å². The maximum Gasteiger partial charge on any atom is 0.356 e. The Kier molecular flexibility index (Phi) is 4.92. The van der Waals surface area contributed by atoms with Crippen molar-refractivity contribution in [3.05, 3.63) is 78.0 Å². The van der Waals surface area contributed by atoms with Gasteiger partial charge in [-0.15, -0.1) is 0 Å². The van der Waals surface area contributed by atoms with E-state index in [0.717, 1.165) is 5.56 Å². The number of hydrogen-bond acceptors (Lipinski definition) is 7. The van der Waals surface area contributed by atoms with E-state index in [2.05, 4.69) is 15.1 Å². The number of carbonyl (C=O) groups excluding carboxylic acids is 1. The van der Waals surface area contributed by atoms with Crippen LogP contribution in [0.3, 0.4) is 0 Å². The fraction of sp³-hybridized carbons (Fsp3) is 0.143. The van der Waals surface area contributed by atoms with Gasteiger partial charge in [-0.05, 0) is 36.4 Å². The van der Waals surface area contributed by atoms with Crippen LogP contribution in [0.1, 0.15) is 27.8 Å². The van der Waals surface area contributed by atoms with Crippen molar-refractivity contribution >= 4 is 11.5 Å². The van der Waals surface area contributed by atoms with Crippen LogP contribution in [0.15, 0.2) is 61.1 Å². The lowest BCUT2D eigenvalue weighted by Gasteiger charge is -2.12. The van der Waals surface area contributed by atoms with E-state index in [0.29, 0.717) is 28.2 Å². The molecule has 8 heteroatoms. The van der Waals surface area contributed by atoms with Gasteiger partial charge in [-0.25, -0.2) is 14.3 Å². The lowest BCUT2D eigenvalue weighted by molar-refractivity contribution is 0.0593. The molecule has 4 heterocycles. The van der Waals surface area contributed by atoms with E-state index in [1.54, 1.807) is 54.5 Å². The number of methoxy groups -OCH3 is 2. The Morgan fingerprint density at radius 3 is 2.72 bits per heavy atom. The molecule has 4 aromatic rings. The monoisotopic (exact) mass is 390 g/mol. The highest BCUT2D eigenvalue weighted by Crippen LogP contribution is 2.34. The zero-order valence-electron chi connectivity index (χ0n) is 15.8. The van der Waals surface area contributed by atoms with Crippen LogP contribution in [0.2, 0.25) is 0 Å². The molecule has 29 heavy (non-hydrogen) atoms. The van der Waals surface area contributed by atoms with Crippen molar-refractivity contribution in [3.8, 4) is 17.0 Å². The molecule has 0 saturated heterocycles. The average molecular weight is 390 g/mol. The number of pyridine rings is 3. The number of esters is 1. The smallest absolute Gasteiger partial charge is 0.356 e. The number of aliphatic hydroxyl groups is 1. The molecular formula is C21H18N4O4. The summed E-state index contributed by atoms with van der Waals surface area (Å²) in [7, 11) is 2.86. The lowest BCUT2D eigenvalue weighted by Crippen LogP contribution is -2.09. The van der Waals surface area contributed by atoms with Crippen LogP contribution in [0.4, 0.5) is 0 Å². The van der Waals surface area contributed by atoms with Gasteiger partial charge in [0.05, 0.1) is 31.6 Å². The molecule has 8 nitrogen and oxygen atoms in total. The summed E-state index contributed by atoms with van der Waals surface area (Å²) in [6, 6.07) is 12.1. The Bertz CT molecular complexity index is 1170. The summed E-state index contributed by atoms with van der Waals surface area (Å²) < 4.78 is 11.6. The Morgan fingerprint density at radius 2 is 2.00 bits per heavy atom. The zero-order chi connectivity index (χ0) is 20.4. The summed E-state index contributed by atoms with van der Waals surface area (Å²) in [5.74, 6) is 0.0562. The predicted molar refractivity (Wildman–Crippen MR) is 105 cm³/mol. The predicted octanol–water partition coefficient (Wildman–Crippen LogP) is 2.67. The summed E-state index contributed by atoms with van der Waals surface area (Å²) in [6.07, 6.45) is 3.94. The summed E-state index contributed by atoms with van der Waals surface area (Å²) in [6.45, 7) is 0. The average Bonchev–Trinajstić information content (AvgIpc) is 3.17. The topological polar surface area (TPSA) is 98.8 Å². The fourth-order valence-corrected chi connectivity index (χ4v) is 3.13. The highest BCUT2D eigenvalue weighted by molar-refractivity contribution is 5.87. The van der Waals surface area contributed by atoms with Crippen LogP contribution >= 0.6 is 0 Å². The van der Waals surface area contributed by atoms with Crippen LogP contribution < -0.4 is 4.74 Å². The Morgan fingerprint density at radius 1 is 1.14 bits per heavy atom. The van der Waals surface area contributed by atoms with Crippen molar-refractivity contribution in [2.75, 3.05) is 14.2 Å². The number of aliphatic hydroxyl groups excluding tert-OH is 1. The molecule has 0 bridgehead atoms. The number of aromatic nitrogens is 4. The quantitative estimate of drug-likeness (QED) is 0.523. The lowest BCUT2D eigenvalue weighted by atomic mass is 10.0. The highest BCUT2D eigenvalue weighted by atomic mass is 16.5. The minimum absolute atomic E-state index is 0.116. The first-order valence-corrected chi connectivity index (χ1v) is 8.82. The van der Waals surface area contributed by atoms with Crippen molar-refractivity contribution in [1.82, 2.24) is 19.6 Å². The van der Waals surface area contributed by atoms with E-state index in [4.69, 9.17) is 9.47 Å². The second-order valence-electron chi connectivity index (χ2n) is 6.24. The minimum Gasteiger partial charge on any atom is -0.495 e. The molecule has 0 spiro atoms. The molecule has 1 unspecified atom stereocenters. The van der Waals surface area contributed by atoms with Crippen molar-refractivity contribution < 1.29 is 19.4 Å². The highest BCUT2D eigenvalue weighted by Gasteiger charge is 2.25. The van der Waals surface area contributed by atoms with Gasteiger partial charge in [-0.3, -0.25) is 4.98 Å². The summed E-state index contributed by atoms with van der Waals surface area (Å²) >= 11 is 0. The van der Waals surface area contributed by atoms with E-state index >= 15 is 0 Å². The molecule has 0 aliphatic rings. The normalized spacial score (nSPS) is 12.0. The van der Waals surface area contributed by atoms with Crippen LogP contribution in [-0.2, 0) is 4.74 Å². The van der Waals surface area contributed by atoms with E-state index < -0.39 is 12.1 Å². The third kappa shape index (κ3) is 3.41. The van der Waals surface area contributed by atoms with Gasteiger partial charge >= 0.3 is 5.97 Å². The molecule has 0 aromatic carbocycles. The van der Waals surface area contributed by atoms with Crippen molar-refractivity contribution in [2.24, 2.45) is 0 Å². The molecule has 0 amide bonds. The molecule has 4 aromatic heterocycles. The molecule has 0 aliphatic carbocycles. The summed E-state index contributed by atoms with van der Waals surface area (Å²) in [4.78, 5) is 20.3. The number of hydrogen-bond donors (Lipinski definition) is 1. The molecule has 1 N–H and O–H groups in total. The maximum absolute atomic E-state index is 11.8. The van der Waals surface area contributed by atoms with E-state index in [-0.39, 0.29) is 5.69 Å². The largest absolute Gasteiger partial charge is 0.495 e. The first-order valence-electron chi connectivity index (χ1n) is 8.82. The van der Waals surface area contributed by atoms with Crippen LogP contribution in [0, 0.1) is 0 Å². The van der Waals surface area contributed by atoms with E-state index in [1.165, 1.54) is 13.2 Å². The molecular weight excluding hydrogens is 372 g/mol. The van der Waals surface area contributed by atoms with Crippen LogP contribution in [0.5, 0.6) is 5.75 Å². The molecule has 1 atom stereocenters. The first-order chi connectivity index (χ1) is 14.1. The van der Waals surface area contributed by atoms with E-state index in [9.17, 15) is 9.90 Å². The molecule has 4 rings (SSSR count). The van der Waals surface area contributed by atoms with Gasteiger partial charge in [0, 0.05) is 23.5 Å². The van der Waals surface area contributed by atoms with Gasteiger partial charge in [0.15, 0.2) is 0 Å². The summed E-state index contributed by atoms with van der Waals surface area (Å²) in [5.41, 5.74) is 2.96. The van der Waals surface area contributed by atoms with Crippen LogP contribution in [-0.4, -0.2) is 44.9 Å². The van der Waals surface area contributed by atoms with Crippen molar-refractivity contribution in [1.29, 1.82) is 0 Å². The molecule has 0 aliphatic heterocycles. The second kappa shape index (κ2) is 7.69. The first kappa shape index (κ1) is 18.6. The van der Waals surface area contributed by atoms with Gasteiger partial charge in [0.2, 0.25) is 0 Å². The number of ether oxygens (including phenoxy) is 2. The third-order valence-electron chi connectivity index (χ3n) is 4.53. The van der Waals surface area contributed by atoms with Crippen molar-refractivity contribution in [2.45, 2.75) is 6.10 Å².